The van der Waals surface area contributed by atoms with Crippen molar-refractivity contribution in [3.05, 3.63) is 41.0 Å². The summed E-state index contributed by atoms with van der Waals surface area (Å²) < 4.78 is 22.0. The number of hydrogen-bond acceptors (Lipinski definition) is 7. The molecule has 0 aliphatic rings. The predicted octanol–water partition coefficient (Wildman–Crippen LogP) is 4.44. The van der Waals surface area contributed by atoms with Crippen molar-refractivity contribution in [2.75, 3.05) is 53.2 Å². The number of benzene rings is 2. The quantitative estimate of drug-likeness (QED) is 0.340. The molecule has 2 rings (SSSR count). The first-order chi connectivity index (χ1) is 14.8. The molecule has 2 aromatic carbocycles. The van der Waals surface area contributed by atoms with E-state index in [1.165, 1.54) is 14.2 Å². The third kappa shape index (κ3) is 5.05. The third-order valence-electron chi connectivity index (χ3n) is 4.93. The van der Waals surface area contributed by atoms with Gasteiger partial charge in [-0.25, -0.2) is 0 Å². The van der Waals surface area contributed by atoms with Crippen LogP contribution in [0.25, 0.3) is 6.08 Å². The molecule has 0 radical (unpaired) electrons. The zero-order chi connectivity index (χ0) is 23.1. The molecule has 7 nitrogen and oxygen atoms in total. The number of methoxy groups -OCH3 is 4. The molecule has 7 heteroatoms. The first kappa shape index (κ1) is 23.9. The largest absolute Gasteiger partial charge is 0.493 e. The standard InChI is InChI=1S/C24H32N2O5/c1-8-9-15(21(27)16-10-11-18(25)19(13-16)26(2)3)12-17-14-20(28-4)23(30-6)24(31-7)22(17)29-5/h10-14H,8-9,25H2,1-7H3/b15-12+. The average molecular weight is 429 g/mol. The molecule has 0 saturated heterocycles. The summed E-state index contributed by atoms with van der Waals surface area (Å²) in [6.45, 7) is 2.03. The Kier molecular flexibility index (Phi) is 8.19. The zero-order valence-corrected chi connectivity index (χ0v) is 19.4. The summed E-state index contributed by atoms with van der Waals surface area (Å²) in [6, 6.07) is 7.09. The van der Waals surface area contributed by atoms with Crippen LogP contribution in [0.5, 0.6) is 23.0 Å². The number of hydrogen-bond donors (Lipinski definition) is 1. The van der Waals surface area contributed by atoms with Crippen LogP contribution >= 0.6 is 0 Å². The zero-order valence-electron chi connectivity index (χ0n) is 19.4. The molecule has 0 heterocycles. The molecule has 0 unspecified atom stereocenters. The number of allylic oxidation sites excluding steroid dienone is 1. The second kappa shape index (κ2) is 10.6. The number of ketones is 1. The van der Waals surface area contributed by atoms with Crippen molar-refractivity contribution in [1.82, 2.24) is 0 Å². The minimum atomic E-state index is -0.0687. The number of rotatable bonds is 10. The Morgan fingerprint density at radius 3 is 2.13 bits per heavy atom. The summed E-state index contributed by atoms with van der Waals surface area (Å²) >= 11 is 0. The minimum Gasteiger partial charge on any atom is -0.493 e. The highest BCUT2D eigenvalue weighted by atomic mass is 16.5. The Morgan fingerprint density at radius 2 is 1.61 bits per heavy atom. The number of nitrogen functional groups attached to an aromatic ring is 1. The van der Waals surface area contributed by atoms with E-state index in [1.807, 2.05) is 38.1 Å². The molecule has 2 N–H and O–H groups in total. The summed E-state index contributed by atoms with van der Waals surface area (Å²) in [7, 11) is 9.94. The van der Waals surface area contributed by atoms with Crippen molar-refractivity contribution in [2.45, 2.75) is 19.8 Å². The maximum Gasteiger partial charge on any atom is 0.207 e. The second-order valence-electron chi connectivity index (χ2n) is 7.18. The number of carbonyl (C=O) groups excluding carboxylic acids is 1. The lowest BCUT2D eigenvalue weighted by molar-refractivity contribution is 0.103. The van der Waals surface area contributed by atoms with Gasteiger partial charge < -0.3 is 29.6 Å². The Bertz CT molecular complexity index is 967. The Labute approximate surface area is 184 Å². The summed E-state index contributed by atoms with van der Waals surface area (Å²) in [5.74, 6) is 1.71. The smallest absolute Gasteiger partial charge is 0.207 e. The van der Waals surface area contributed by atoms with E-state index in [2.05, 4.69) is 0 Å². The first-order valence-electron chi connectivity index (χ1n) is 10.0. The lowest BCUT2D eigenvalue weighted by Gasteiger charge is -2.18. The van der Waals surface area contributed by atoms with Crippen LogP contribution in [-0.4, -0.2) is 48.3 Å². The molecule has 0 saturated carbocycles. The SMILES string of the molecule is CCC/C(=C\c1cc(OC)c(OC)c(OC)c1OC)C(=O)c1ccc(N)c(N(C)C)c1. The van der Waals surface area contributed by atoms with E-state index in [4.69, 9.17) is 24.7 Å². The third-order valence-corrected chi connectivity index (χ3v) is 4.93. The summed E-state index contributed by atoms with van der Waals surface area (Å²) in [6.07, 6.45) is 3.22. The minimum absolute atomic E-state index is 0.0687. The fraction of sp³-hybridized carbons (Fsp3) is 0.375. The molecule has 0 aromatic heterocycles. The van der Waals surface area contributed by atoms with Gasteiger partial charge in [0.15, 0.2) is 17.3 Å². The highest BCUT2D eigenvalue weighted by Gasteiger charge is 2.22. The van der Waals surface area contributed by atoms with Gasteiger partial charge in [-0.05, 0) is 36.8 Å². The van der Waals surface area contributed by atoms with Gasteiger partial charge >= 0.3 is 0 Å². The lowest BCUT2D eigenvalue weighted by Crippen LogP contribution is -2.13. The topological polar surface area (TPSA) is 83.2 Å². The van der Waals surface area contributed by atoms with Gasteiger partial charge in [-0.1, -0.05) is 13.3 Å². The Balaban J connectivity index is 2.66. The highest BCUT2D eigenvalue weighted by Crippen LogP contribution is 2.47. The Morgan fingerprint density at radius 1 is 0.968 bits per heavy atom. The van der Waals surface area contributed by atoms with E-state index in [9.17, 15) is 4.79 Å². The van der Waals surface area contributed by atoms with Crippen molar-refractivity contribution >= 4 is 23.2 Å². The fourth-order valence-electron chi connectivity index (χ4n) is 3.43. The number of nitrogens with two attached hydrogens (primary N) is 1. The van der Waals surface area contributed by atoms with Gasteiger partial charge in [-0.15, -0.1) is 0 Å². The van der Waals surface area contributed by atoms with E-state index >= 15 is 0 Å². The first-order valence-corrected chi connectivity index (χ1v) is 10.0. The maximum absolute atomic E-state index is 13.4. The molecule has 0 spiro atoms. The van der Waals surface area contributed by atoms with E-state index in [0.717, 1.165) is 12.1 Å². The van der Waals surface area contributed by atoms with Gasteiger partial charge in [0.25, 0.3) is 0 Å². The predicted molar refractivity (Wildman–Crippen MR) is 125 cm³/mol. The number of carbonyl (C=O) groups is 1. The monoisotopic (exact) mass is 428 g/mol. The number of ether oxygens (including phenoxy) is 4. The molecule has 0 aliphatic carbocycles. The van der Waals surface area contributed by atoms with Crippen molar-refractivity contribution in [3.8, 4) is 23.0 Å². The summed E-state index contributed by atoms with van der Waals surface area (Å²) in [4.78, 5) is 15.3. The van der Waals surface area contributed by atoms with Crippen molar-refractivity contribution in [2.24, 2.45) is 0 Å². The summed E-state index contributed by atoms with van der Waals surface area (Å²) in [5.41, 5.74) is 9.35. The van der Waals surface area contributed by atoms with Crippen LogP contribution in [0.1, 0.15) is 35.7 Å². The molecule has 0 aliphatic heterocycles. The molecule has 0 atom stereocenters. The van der Waals surface area contributed by atoms with Crippen LogP contribution in [0.3, 0.4) is 0 Å². The van der Waals surface area contributed by atoms with Crippen molar-refractivity contribution in [1.29, 1.82) is 0 Å². The Hall–Kier alpha value is -3.35. The van der Waals surface area contributed by atoms with Crippen molar-refractivity contribution in [3.63, 3.8) is 0 Å². The number of Topliss-reactive ketones (excluding diaryl/α,β-unsaturated/α-hetero) is 1. The maximum atomic E-state index is 13.4. The summed E-state index contributed by atoms with van der Waals surface area (Å²) in [5, 5.41) is 0. The molecule has 0 bridgehead atoms. The molecule has 168 valence electrons. The molecule has 0 amide bonds. The van der Waals surface area contributed by atoms with E-state index < -0.39 is 0 Å². The van der Waals surface area contributed by atoms with Crippen molar-refractivity contribution < 1.29 is 23.7 Å². The molecular formula is C24H32N2O5. The molecular weight excluding hydrogens is 396 g/mol. The van der Waals surface area contributed by atoms with Crippen LogP contribution in [0, 0.1) is 0 Å². The van der Waals surface area contributed by atoms with Crippen LogP contribution in [0.2, 0.25) is 0 Å². The van der Waals surface area contributed by atoms with Gasteiger partial charge in [0.1, 0.15) is 0 Å². The highest BCUT2D eigenvalue weighted by molar-refractivity contribution is 6.12. The average Bonchev–Trinajstić information content (AvgIpc) is 2.77. The van der Waals surface area contributed by atoms with Gasteiger partial charge in [0, 0.05) is 30.8 Å². The number of nitrogens with zero attached hydrogens (tertiary/aromatic N) is 1. The van der Waals surface area contributed by atoms with Gasteiger partial charge in [-0.3, -0.25) is 4.79 Å². The van der Waals surface area contributed by atoms with E-state index in [-0.39, 0.29) is 5.78 Å². The lowest BCUT2D eigenvalue weighted by atomic mass is 9.96. The van der Waals surface area contributed by atoms with E-state index in [1.54, 1.807) is 32.4 Å². The second-order valence-corrected chi connectivity index (χ2v) is 7.18. The normalized spacial score (nSPS) is 11.1. The van der Waals surface area contributed by atoms with Gasteiger partial charge in [0.2, 0.25) is 11.5 Å². The van der Waals surface area contributed by atoms with Gasteiger partial charge in [-0.2, -0.15) is 0 Å². The van der Waals surface area contributed by atoms with E-state index in [0.29, 0.717) is 51.8 Å². The van der Waals surface area contributed by atoms with Crippen LogP contribution in [-0.2, 0) is 0 Å². The van der Waals surface area contributed by atoms with Crippen LogP contribution in [0.15, 0.2) is 29.8 Å². The van der Waals surface area contributed by atoms with Crippen LogP contribution in [0.4, 0.5) is 11.4 Å². The molecule has 0 fully saturated rings. The molecule has 2 aromatic rings. The van der Waals surface area contributed by atoms with Gasteiger partial charge in [0.05, 0.1) is 39.8 Å². The van der Waals surface area contributed by atoms with Crippen LogP contribution < -0.4 is 29.6 Å². The number of anilines is 2. The fourth-order valence-corrected chi connectivity index (χ4v) is 3.43. The molecule has 31 heavy (non-hydrogen) atoms.